The van der Waals surface area contributed by atoms with Gasteiger partial charge in [-0.15, -0.1) is 0 Å². The molecule has 0 spiro atoms. The molecule has 116 valence electrons. The minimum absolute atomic E-state index is 0.0322. The lowest BCUT2D eigenvalue weighted by Crippen LogP contribution is -2.23. The van der Waals surface area contributed by atoms with E-state index in [4.69, 9.17) is 11.6 Å². The van der Waals surface area contributed by atoms with Gasteiger partial charge in [0.15, 0.2) is 0 Å². The molecule has 0 aliphatic carbocycles. The van der Waals surface area contributed by atoms with Gasteiger partial charge in [-0.25, -0.2) is 17.5 Å². The summed E-state index contributed by atoms with van der Waals surface area (Å²) in [4.78, 5) is 11.5. The number of halogens is 1. The molecule has 0 aliphatic heterocycles. The maximum atomic E-state index is 12.4. The molecule has 1 N–H and O–H groups in total. The Balaban J connectivity index is 2.82. The van der Waals surface area contributed by atoms with E-state index < -0.39 is 16.0 Å². The molecule has 0 heterocycles. The van der Waals surface area contributed by atoms with Crippen LogP contribution in [0.5, 0.6) is 0 Å². The summed E-state index contributed by atoms with van der Waals surface area (Å²) in [5.41, 5.74) is 0.447. The molecule has 0 bridgehead atoms. The van der Waals surface area contributed by atoms with Crippen molar-refractivity contribution in [1.29, 1.82) is 0 Å². The van der Waals surface area contributed by atoms with Crippen molar-refractivity contribution in [3.8, 4) is 11.1 Å². The number of nitrogens with zero attached hydrogens (tertiary/aromatic N) is 1. The Morgan fingerprint density at radius 2 is 1.64 bits per heavy atom. The average Bonchev–Trinajstić information content (AvgIpc) is 2.46. The summed E-state index contributed by atoms with van der Waals surface area (Å²) in [5, 5.41) is 9.42. The lowest BCUT2D eigenvalue weighted by molar-refractivity contribution is 0.0698. The van der Waals surface area contributed by atoms with Crippen molar-refractivity contribution in [2.75, 3.05) is 14.1 Å². The summed E-state index contributed by atoms with van der Waals surface area (Å²) >= 11 is 5.96. The van der Waals surface area contributed by atoms with E-state index in [-0.39, 0.29) is 21.0 Å². The Kier molecular flexibility index (Phi) is 4.55. The van der Waals surface area contributed by atoms with Gasteiger partial charge in [-0.2, -0.15) is 0 Å². The van der Waals surface area contributed by atoms with Crippen LogP contribution in [-0.4, -0.2) is 37.9 Å². The van der Waals surface area contributed by atoms with Gasteiger partial charge in [0.25, 0.3) is 0 Å². The van der Waals surface area contributed by atoms with Gasteiger partial charge in [-0.3, -0.25) is 0 Å². The van der Waals surface area contributed by atoms with E-state index in [2.05, 4.69) is 0 Å². The van der Waals surface area contributed by atoms with Crippen LogP contribution in [0.2, 0.25) is 5.02 Å². The van der Waals surface area contributed by atoms with Crippen LogP contribution in [-0.2, 0) is 10.0 Å². The lowest BCUT2D eigenvalue weighted by Gasteiger charge is -2.16. The second kappa shape index (κ2) is 6.08. The second-order valence-corrected chi connectivity index (χ2v) is 7.28. The molecule has 0 saturated carbocycles. The third-order valence-electron chi connectivity index (χ3n) is 3.16. The van der Waals surface area contributed by atoms with Gasteiger partial charge in [0, 0.05) is 19.7 Å². The van der Waals surface area contributed by atoms with Gasteiger partial charge in [0.2, 0.25) is 10.0 Å². The molecular weight excluding hydrogens is 326 g/mol. The van der Waals surface area contributed by atoms with Gasteiger partial charge in [0.1, 0.15) is 0 Å². The third-order valence-corrected chi connectivity index (χ3v) is 5.35. The summed E-state index contributed by atoms with van der Waals surface area (Å²) in [5.74, 6) is -1.21. The zero-order chi connectivity index (χ0) is 16.5. The van der Waals surface area contributed by atoms with Crippen LogP contribution in [0.3, 0.4) is 0 Å². The average molecular weight is 340 g/mol. The number of sulfonamides is 1. The molecule has 22 heavy (non-hydrogen) atoms. The number of hydrogen-bond acceptors (Lipinski definition) is 3. The first kappa shape index (κ1) is 16.5. The standard InChI is InChI=1S/C15H14ClNO4S/c1-17(2)22(20,21)13-9-4-3-6-10(13)11-7-5-8-12(16)14(11)15(18)19/h3-9H,1-2H3,(H,18,19). The maximum absolute atomic E-state index is 12.4. The van der Waals surface area contributed by atoms with Crippen molar-refractivity contribution in [3.63, 3.8) is 0 Å². The van der Waals surface area contributed by atoms with E-state index in [0.717, 1.165) is 4.31 Å². The van der Waals surface area contributed by atoms with E-state index in [1.807, 2.05) is 0 Å². The summed E-state index contributed by atoms with van der Waals surface area (Å²) < 4.78 is 26.0. The van der Waals surface area contributed by atoms with Crippen LogP contribution in [0.1, 0.15) is 10.4 Å². The SMILES string of the molecule is CN(C)S(=O)(=O)c1ccccc1-c1cccc(Cl)c1C(=O)O. The predicted molar refractivity (Wildman–Crippen MR) is 84.7 cm³/mol. The molecule has 7 heteroatoms. The van der Waals surface area contributed by atoms with E-state index in [1.165, 1.54) is 26.2 Å². The number of aromatic carboxylic acids is 1. The van der Waals surface area contributed by atoms with Crippen molar-refractivity contribution < 1.29 is 18.3 Å². The molecule has 0 aromatic heterocycles. The minimum Gasteiger partial charge on any atom is -0.478 e. The van der Waals surface area contributed by atoms with Crippen molar-refractivity contribution in [3.05, 3.63) is 53.1 Å². The molecule has 5 nitrogen and oxygen atoms in total. The smallest absolute Gasteiger partial charge is 0.337 e. The van der Waals surface area contributed by atoms with Crippen LogP contribution in [0, 0.1) is 0 Å². The van der Waals surface area contributed by atoms with Gasteiger partial charge in [-0.1, -0.05) is 41.9 Å². The number of carbonyl (C=O) groups is 1. The molecule has 0 amide bonds. The Morgan fingerprint density at radius 3 is 2.23 bits per heavy atom. The lowest BCUT2D eigenvalue weighted by atomic mass is 9.99. The second-order valence-electron chi connectivity index (χ2n) is 4.75. The molecule has 0 unspecified atom stereocenters. The Hall–Kier alpha value is -1.89. The van der Waals surface area contributed by atoms with Gasteiger partial charge < -0.3 is 5.11 Å². The van der Waals surface area contributed by atoms with Crippen molar-refractivity contribution in [2.45, 2.75) is 4.90 Å². The largest absolute Gasteiger partial charge is 0.478 e. The van der Waals surface area contributed by atoms with Crippen LogP contribution in [0.15, 0.2) is 47.4 Å². The summed E-state index contributed by atoms with van der Waals surface area (Å²) in [6.07, 6.45) is 0. The van der Waals surface area contributed by atoms with Crippen molar-refractivity contribution in [1.82, 2.24) is 4.31 Å². The summed E-state index contributed by atoms with van der Waals surface area (Å²) in [6.45, 7) is 0. The van der Waals surface area contributed by atoms with Crippen LogP contribution in [0.25, 0.3) is 11.1 Å². The molecule has 2 aromatic rings. The normalized spacial score (nSPS) is 11.6. The van der Waals surface area contributed by atoms with Gasteiger partial charge in [0.05, 0.1) is 15.5 Å². The maximum Gasteiger partial charge on any atom is 0.337 e. The number of hydrogen-bond donors (Lipinski definition) is 1. The zero-order valence-corrected chi connectivity index (χ0v) is 13.5. The van der Waals surface area contributed by atoms with Gasteiger partial charge >= 0.3 is 5.97 Å². The Morgan fingerprint density at radius 1 is 1.05 bits per heavy atom. The van der Waals surface area contributed by atoms with E-state index >= 15 is 0 Å². The topological polar surface area (TPSA) is 74.7 Å². The fourth-order valence-electron chi connectivity index (χ4n) is 2.08. The van der Waals surface area contributed by atoms with Gasteiger partial charge in [-0.05, 0) is 17.7 Å². The summed E-state index contributed by atoms with van der Waals surface area (Å²) in [6, 6.07) is 10.8. The monoisotopic (exact) mass is 339 g/mol. The molecule has 0 saturated heterocycles. The fourth-order valence-corrected chi connectivity index (χ4v) is 3.43. The summed E-state index contributed by atoms with van der Waals surface area (Å²) in [7, 11) is -0.876. The first-order chi connectivity index (χ1) is 10.3. The molecule has 2 aromatic carbocycles. The van der Waals surface area contributed by atoms with E-state index in [0.29, 0.717) is 5.56 Å². The molecule has 2 rings (SSSR count). The molecule has 0 radical (unpaired) electrons. The Labute approximate surface area is 133 Å². The molecule has 0 atom stereocenters. The fraction of sp³-hybridized carbons (Fsp3) is 0.133. The Bertz CT molecular complexity index is 831. The van der Waals surface area contributed by atoms with E-state index in [9.17, 15) is 18.3 Å². The zero-order valence-electron chi connectivity index (χ0n) is 11.9. The minimum atomic E-state index is -3.71. The highest BCUT2D eigenvalue weighted by atomic mass is 35.5. The number of rotatable bonds is 4. The third kappa shape index (κ3) is 2.85. The highest BCUT2D eigenvalue weighted by Gasteiger charge is 2.24. The van der Waals surface area contributed by atoms with Crippen LogP contribution in [0.4, 0.5) is 0 Å². The van der Waals surface area contributed by atoms with Crippen LogP contribution < -0.4 is 0 Å². The highest BCUT2D eigenvalue weighted by Crippen LogP contribution is 2.34. The van der Waals surface area contributed by atoms with Crippen molar-refractivity contribution >= 4 is 27.6 Å². The number of carboxylic acid groups (broad SMARTS) is 1. The first-order valence-electron chi connectivity index (χ1n) is 6.30. The molecule has 0 fully saturated rings. The van der Waals surface area contributed by atoms with E-state index in [1.54, 1.807) is 30.3 Å². The first-order valence-corrected chi connectivity index (χ1v) is 8.12. The quantitative estimate of drug-likeness (QED) is 0.929. The molecular formula is C15H14ClNO4S. The molecule has 0 aliphatic rings. The van der Waals surface area contributed by atoms with Crippen LogP contribution >= 0.6 is 11.6 Å². The number of benzene rings is 2. The number of carboxylic acids is 1. The highest BCUT2D eigenvalue weighted by molar-refractivity contribution is 7.89. The van der Waals surface area contributed by atoms with Crippen molar-refractivity contribution in [2.24, 2.45) is 0 Å². The predicted octanol–water partition coefficient (Wildman–Crippen LogP) is 2.96.